The molecule has 7 nitrogen and oxygen atoms in total. The van der Waals surface area contributed by atoms with Gasteiger partial charge in [-0.05, 0) is 38.4 Å². The fourth-order valence-corrected chi connectivity index (χ4v) is 2.36. The second-order valence-electron chi connectivity index (χ2n) is 5.64. The molecule has 7 heteroatoms. The number of nitrogens with zero attached hydrogens (tertiary/aromatic N) is 2. The number of nitrogens with two attached hydrogens (primary N) is 1. The number of likely N-dealkylation sites (N-methyl/N-ethyl adjacent to an activating group) is 1. The van der Waals surface area contributed by atoms with Crippen molar-refractivity contribution in [3.8, 4) is 0 Å². The summed E-state index contributed by atoms with van der Waals surface area (Å²) in [6.07, 6.45) is 0.149. The number of anilines is 2. The molecule has 1 unspecified atom stereocenters. The van der Waals surface area contributed by atoms with Gasteiger partial charge >= 0.3 is 0 Å². The maximum Gasteiger partial charge on any atom is 0.238 e. The first-order valence-electron chi connectivity index (χ1n) is 7.01. The van der Waals surface area contributed by atoms with E-state index in [0.717, 1.165) is 0 Å². The fourth-order valence-electron chi connectivity index (χ4n) is 2.36. The first-order chi connectivity index (χ1) is 10.4. The molecule has 118 valence electrons. The smallest absolute Gasteiger partial charge is 0.238 e. The van der Waals surface area contributed by atoms with Gasteiger partial charge in [-0.3, -0.25) is 14.4 Å². The zero-order valence-corrected chi connectivity index (χ0v) is 12.7. The Morgan fingerprint density at radius 3 is 2.45 bits per heavy atom. The van der Waals surface area contributed by atoms with Crippen molar-refractivity contribution >= 4 is 29.1 Å². The van der Waals surface area contributed by atoms with E-state index in [0.29, 0.717) is 24.5 Å². The molecule has 0 bridgehead atoms. The molecule has 0 saturated carbocycles. The van der Waals surface area contributed by atoms with Crippen molar-refractivity contribution < 1.29 is 14.4 Å². The molecule has 1 aliphatic rings. The lowest BCUT2D eigenvalue weighted by atomic mass is 10.1. The maximum absolute atomic E-state index is 11.9. The summed E-state index contributed by atoms with van der Waals surface area (Å²) in [5.41, 5.74) is 6.60. The van der Waals surface area contributed by atoms with Crippen LogP contribution in [0, 0.1) is 5.92 Å². The van der Waals surface area contributed by atoms with Crippen LogP contribution in [0.15, 0.2) is 24.3 Å². The van der Waals surface area contributed by atoms with E-state index in [-0.39, 0.29) is 18.2 Å². The maximum atomic E-state index is 11.9. The van der Waals surface area contributed by atoms with E-state index < -0.39 is 11.8 Å². The lowest BCUT2D eigenvalue weighted by Gasteiger charge is -2.17. The van der Waals surface area contributed by atoms with Crippen LogP contribution >= 0.6 is 0 Å². The molecule has 1 aliphatic heterocycles. The summed E-state index contributed by atoms with van der Waals surface area (Å²) < 4.78 is 0. The summed E-state index contributed by atoms with van der Waals surface area (Å²) in [6.45, 7) is 0.604. The highest BCUT2D eigenvalue weighted by molar-refractivity contribution is 6.00. The summed E-state index contributed by atoms with van der Waals surface area (Å²) in [4.78, 5) is 38.1. The van der Waals surface area contributed by atoms with E-state index in [1.54, 1.807) is 34.1 Å². The zero-order chi connectivity index (χ0) is 16.3. The van der Waals surface area contributed by atoms with Crippen molar-refractivity contribution in [1.82, 2.24) is 4.90 Å². The van der Waals surface area contributed by atoms with Crippen molar-refractivity contribution in [2.75, 3.05) is 37.4 Å². The van der Waals surface area contributed by atoms with Gasteiger partial charge in [0.15, 0.2) is 0 Å². The number of hydrogen-bond acceptors (Lipinski definition) is 4. The number of carbonyl (C=O) groups excluding carboxylic acids is 3. The first-order valence-corrected chi connectivity index (χ1v) is 7.01. The van der Waals surface area contributed by atoms with Crippen molar-refractivity contribution in [2.45, 2.75) is 6.42 Å². The molecular formula is C15H20N4O3. The van der Waals surface area contributed by atoms with Crippen molar-refractivity contribution in [3.05, 3.63) is 24.3 Å². The van der Waals surface area contributed by atoms with Crippen LogP contribution in [-0.4, -0.2) is 49.8 Å². The SMILES string of the molecule is CN(C)CC(=O)Nc1ccc(N2CC(C(N)=O)CC2=O)cc1. The Morgan fingerprint density at radius 1 is 1.32 bits per heavy atom. The topological polar surface area (TPSA) is 95.7 Å². The van der Waals surface area contributed by atoms with Gasteiger partial charge in [-0.15, -0.1) is 0 Å². The summed E-state index contributed by atoms with van der Waals surface area (Å²) in [5.74, 6) is -1.12. The van der Waals surface area contributed by atoms with Crippen LogP contribution in [0.4, 0.5) is 11.4 Å². The van der Waals surface area contributed by atoms with Crippen LogP contribution in [0.3, 0.4) is 0 Å². The van der Waals surface area contributed by atoms with Crippen LogP contribution < -0.4 is 16.0 Å². The molecule has 2 rings (SSSR count). The van der Waals surface area contributed by atoms with Gasteiger partial charge in [0.1, 0.15) is 0 Å². The third kappa shape index (κ3) is 3.82. The van der Waals surface area contributed by atoms with Crippen molar-refractivity contribution in [1.29, 1.82) is 0 Å². The number of hydrogen-bond donors (Lipinski definition) is 2. The molecule has 3 N–H and O–H groups in total. The van der Waals surface area contributed by atoms with Crippen LogP contribution in [0.25, 0.3) is 0 Å². The number of nitrogens with one attached hydrogen (secondary N) is 1. The molecule has 1 heterocycles. The predicted octanol–water partition coefficient (Wildman–Crippen LogP) is 0.0249. The van der Waals surface area contributed by atoms with E-state index in [4.69, 9.17) is 5.73 Å². The highest BCUT2D eigenvalue weighted by Crippen LogP contribution is 2.26. The Morgan fingerprint density at radius 2 is 1.95 bits per heavy atom. The second kappa shape index (κ2) is 6.57. The Labute approximate surface area is 129 Å². The van der Waals surface area contributed by atoms with Crippen molar-refractivity contribution in [3.63, 3.8) is 0 Å². The lowest BCUT2D eigenvalue weighted by Crippen LogP contribution is -2.28. The minimum atomic E-state index is -0.455. The fraction of sp³-hybridized carbons (Fsp3) is 0.400. The molecule has 1 fully saturated rings. The Hall–Kier alpha value is -2.41. The average Bonchev–Trinajstić information content (AvgIpc) is 2.81. The minimum absolute atomic E-state index is 0.108. The van der Waals surface area contributed by atoms with Gasteiger partial charge in [-0.25, -0.2) is 0 Å². The number of primary amides is 1. The molecule has 0 radical (unpaired) electrons. The van der Waals surface area contributed by atoms with Gasteiger partial charge in [0.05, 0.1) is 12.5 Å². The standard InChI is InChI=1S/C15H20N4O3/c1-18(2)9-13(20)17-11-3-5-12(6-4-11)19-8-10(15(16)22)7-14(19)21/h3-6,10H,7-9H2,1-2H3,(H2,16,22)(H,17,20). The molecule has 0 spiro atoms. The van der Waals surface area contributed by atoms with Crippen LogP contribution in [-0.2, 0) is 14.4 Å². The van der Waals surface area contributed by atoms with E-state index in [1.807, 2.05) is 14.1 Å². The molecule has 1 saturated heterocycles. The summed E-state index contributed by atoms with van der Waals surface area (Å²) in [6, 6.07) is 6.95. The third-order valence-corrected chi connectivity index (χ3v) is 3.45. The molecule has 1 aromatic carbocycles. The lowest BCUT2D eigenvalue weighted by molar-refractivity contribution is -0.123. The highest BCUT2D eigenvalue weighted by Gasteiger charge is 2.33. The van der Waals surface area contributed by atoms with E-state index >= 15 is 0 Å². The van der Waals surface area contributed by atoms with Crippen LogP contribution in [0.1, 0.15) is 6.42 Å². The van der Waals surface area contributed by atoms with Crippen LogP contribution in [0.5, 0.6) is 0 Å². The summed E-state index contributed by atoms with van der Waals surface area (Å²) in [7, 11) is 3.63. The molecule has 1 atom stereocenters. The average molecular weight is 304 g/mol. The van der Waals surface area contributed by atoms with Gasteiger partial charge in [0.25, 0.3) is 0 Å². The number of benzene rings is 1. The first kappa shape index (κ1) is 16.0. The highest BCUT2D eigenvalue weighted by atomic mass is 16.2. The molecule has 22 heavy (non-hydrogen) atoms. The summed E-state index contributed by atoms with van der Waals surface area (Å²) >= 11 is 0. The summed E-state index contributed by atoms with van der Waals surface area (Å²) in [5, 5.41) is 2.77. The van der Waals surface area contributed by atoms with Gasteiger partial charge < -0.3 is 20.9 Å². The number of carbonyl (C=O) groups is 3. The van der Waals surface area contributed by atoms with Crippen LogP contribution in [0.2, 0.25) is 0 Å². The van der Waals surface area contributed by atoms with Gasteiger partial charge in [-0.1, -0.05) is 0 Å². The molecule has 3 amide bonds. The van der Waals surface area contributed by atoms with Gasteiger partial charge in [-0.2, -0.15) is 0 Å². The monoisotopic (exact) mass is 304 g/mol. The van der Waals surface area contributed by atoms with Gasteiger partial charge in [0, 0.05) is 24.3 Å². The van der Waals surface area contributed by atoms with E-state index in [9.17, 15) is 14.4 Å². The van der Waals surface area contributed by atoms with Crippen molar-refractivity contribution in [2.24, 2.45) is 11.7 Å². The second-order valence-corrected chi connectivity index (χ2v) is 5.64. The normalized spacial score (nSPS) is 17.9. The van der Waals surface area contributed by atoms with E-state index in [2.05, 4.69) is 5.32 Å². The molecule has 0 aliphatic carbocycles. The number of amides is 3. The minimum Gasteiger partial charge on any atom is -0.369 e. The Bertz CT molecular complexity index is 583. The number of rotatable bonds is 5. The zero-order valence-electron chi connectivity index (χ0n) is 12.7. The van der Waals surface area contributed by atoms with E-state index in [1.165, 1.54) is 0 Å². The largest absolute Gasteiger partial charge is 0.369 e. The van der Waals surface area contributed by atoms with Gasteiger partial charge in [0.2, 0.25) is 17.7 Å². The third-order valence-electron chi connectivity index (χ3n) is 3.45. The quantitative estimate of drug-likeness (QED) is 0.802. The molecule has 1 aromatic rings. The Kier molecular flexibility index (Phi) is 4.77. The molecule has 0 aromatic heterocycles. The Balaban J connectivity index is 2.02. The molecular weight excluding hydrogens is 284 g/mol. The predicted molar refractivity (Wildman–Crippen MR) is 83.3 cm³/mol.